The van der Waals surface area contributed by atoms with Gasteiger partial charge in [0.1, 0.15) is 10.8 Å². The zero-order chi connectivity index (χ0) is 19.5. The summed E-state index contributed by atoms with van der Waals surface area (Å²) < 4.78 is 5.81. The smallest absolute Gasteiger partial charge is 0.227 e. The van der Waals surface area contributed by atoms with Gasteiger partial charge in [-0.3, -0.25) is 9.78 Å². The number of anilines is 1. The lowest BCUT2D eigenvalue weighted by molar-refractivity contribution is -0.120. The molecule has 0 saturated heterocycles. The molecule has 1 aromatic carbocycles. The van der Waals surface area contributed by atoms with Crippen LogP contribution < -0.4 is 10.1 Å². The van der Waals surface area contributed by atoms with E-state index in [2.05, 4.69) is 10.3 Å². The quantitative estimate of drug-likeness (QED) is 0.680. The van der Waals surface area contributed by atoms with Crippen LogP contribution in [-0.4, -0.2) is 22.0 Å². The van der Waals surface area contributed by atoms with Gasteiger partial charge in [0.05, 0.1) is 23.2 Å². The summed E-state index contributed by atoms with van der Waals surface area (Å²) in [5.74, 6) is 0.687. The van der Waals surface area contributed by atoms with Crippen molar-refractivity contribution < 1.29 is 9.53 Å². The van der Waals surface area contributed by atoms with E-state index < -0.39 is 0 Å². The number of aryl methyl sites for hydroxylation is 1. The van der Waals surface area contributed by atoms with Crippen LogP contribution in [-0.2, 0) is 17.6 Å². The van der Waals surface area contributed by atoms with E-state index in [0.717, 1.165) is 41.3 Å². The maximum atomic E-state index is 12.9. The zero-order valence-corrected chi connectivity index (χ0v) is 16.8. The van der Waals surface area contributed by atoms with Gasteiger partial charge < -0.3 is 10.1 Å². The highest BCUT2D eigenvalue weighted by Crippen LogP contribution is 2.35. The first kappa shape index (κ1) is 18.6. The third kappa shape index (κ3) is 4.07. The van der Waals surface area contributed by atoms with E-state index in [9.17, 15) is 4.79 Å². The number of hydrogen-bond donors (Lipinski definition) is 1. The highest BCUT2D eigenvalue weighted by atomic mass is 32.1. The number of pyridine rings is 1. The lowest BCUT2D eigenvalue weighted by Crippen LogP contribution is -2.28. The maximum absolute atomic E-state index is 12.9. The number of carbonyl (C=O) groups excluding carboxylic acids is 1. The van der Waals surface area contributed by atoms with Crippen LogP contribution in [0.3, 0.4) is 0 Å². The van der Waals surface area contributed by atoms with E-state index in [4.69, 9.17) is 9.72 Å². The van der Waals surface area contributed by atoms with Gasteiger partial charge >= 0.3 is 0 Å². The number of hydrogen-bond acceptors (Lipinski definition) is 5. The van der Waals surface area contributed by atoms with Crippen LogP contribution in [0.2, 0.25) is 0 Å². The molecule has 1 aliphatic carbocycles. The van der Waals surface area contributed by atoms with Crippen LogP contribution in [0.1, 0.15) is 30.8 Å². The first-order chi connectivity index (χ1) is 13.6. The normalized spacial score (nSPS) is 15.9. The van der Waals surface area contributed by atoms with Crippen LogP contribution in [0.5, 0.6) is 5.75 Å². The van der Waals surface area contributed by atoms with Crippen molar-refractivity contribution in [2.45, 2.75) is 39.2 Å². The minimum Gasteiger partial charge on any atom is -0.489 e. The van der Waals surface area contributed by atoms with E-state index in [1.54, 1.807) is 17.5 Å². The molecule has 1 N–H and O–H groups in total. The second-order valence-electron chi connectivity index (χ2n) is 7.20. The average Bonchev–Trinajstić information content (AvgIpc) is 3.13. The molecule has 4 rings (SSSR count). The molecule has 2 heterocycles. The molecule has 2 aromatic heterocycles. The van der Waals surface area contributed by atoms with Gasteiger partial charge in [-0.15, -0.1) is 11.3 Å². The fourth-order valence-corrected chi connectivity index (χ4v) is 4.52. The number of amides is 1. The average molecular weight is 394 g/mol. The molecule has 0 saturated carbocycles. The fourth-order valence-electron chi connectivity index (χ4n) is 3.36. The van der Waals surface area contributed by atoms with Gasteiger partial charge in [0.25, 0.3) is 0 Å². The van der Waals surface area contributed by atoms with Crippen LogP contribution in [0.4, 0.5) is 5.69 Å². The molecule has 3 aromatic rings. The van der Waals surface area contributed by atoms with Crippen LogP contribution in [0, 0.1) is 5.92 Å². The number of benzene rings is 1. The molecule has 28 heavy (non-hydrogen) atoms. The monoisotopic (exact) mass is 393 g/mol. The van der Waals surface area contributed by atoms with Gasteiger partial charge in [0, 0.05) is 17.0 Å². The first-order valence-corrected chi connectivity index (χ1v) is 10.4. The van der Waals surface area contributed by atoms with E-state index in [1.807, 2.05) is 56.3 Å². The molecule has 0 radical (unpaired) electrons. The van der Waals surface area contributed by atoms with E-state index in [0.29, 0.717) is 5.75 Å². The van der Waals surface area contributed by atoms with Crippen molar-refractivity contribution in [3.05, 3.63) is 59.2 Å². The van der Waals surface area contributed by atoms with Gasteiger partial charge in [0.15, 0.2) is 0 Å². The van der Waals surface area contributed by atoms with Crippen molar-refractivity contribution >= 4 is 22.9 Å². The SMILES string of the molecule is CC(C)Oc1ccccc1NC(=O)C1CCc2nc(-c3ccccn3)sc2C1. The van der Waals surface area contributed by atoms with Gasteiger partial charge in [-0.1, -0.05) is 18.2 Å². The zero-order valence-electron chi connectivity index (χ0n) is 16.0. The Kier molecular flexibility index (Phi) is 5.39. The second-order valence-corrected chi connectivity index (χ2v) is 8.28. The number of ether oxygens (including phenoxy) is 1. The van der Waals surface area contributed by atoms with Crippen molar-refractivity contribution in [3.8, 4) is 16.5 Å². The Bertz CT molecular complexity index is 969. The van der Waals surface area contributed by atoms with Crippen LogP contribution in [0.15, 0.2) is 48.7 Å². The summed E-state index contributed by atoms with van der Waals surface area (Å²) in [7, 11) is 0. The topological polar surface area (TPSA) is 64.1 Å². The van der Waals surface area contributed by atoms with E-state index >= 15 is 0 Å². The Morgan fingerprint density at radius 1 is 1.21 bits per heavy atom. The van der Waals surface area contributed by atoms with Gasteiger partial charge in [-0.2, -0.15) is 0 Å². The number of nitrogens with one attached hydrogen (secondary N) is 1. The Balaban J connectivity index is 1.48. The Morgan fingerprint density at radius 2 is 2.04 bits per heavy atom. The third-order valence-corrected chi connectivity index (χ3v) is 5.84. The van der Waals surface area contributed by atoms with Crippen molar-refractivity contribution in [2.24, 2.45) is 5.92 Å². The lowest BCUT2D eigenvalue weighted by Gasteiger charge is -2.21. The first-order valence-electron chi connectivity index (χ1n) is 9.56. The maximum Gasteiger partial charge on any atom is 0.227 e. The summed E-state index contributed by atoms with van der Waals surface area (Å²) in [5.41, 5.74) is 2.73. The Labute approximate surface area is 168 Å². The Hall–Kier alpha value is -2.73. The second kappa shape index (κ2) is 8.10. The Morgan fingerprint density at radius 3 is 2.82 bits per heavy atom. The molecule has 1 atom stereocenters. The molecule has 0 bridgehead atoms. The van der Waals surface area contributed by atoms with Crippen molar-refractivity contribution in [1.82, 2.24) is 9.97 Å². The molecular formula is C22H23N3O2S. The number of carbonyl (C=O) groups is 1. The molecule has 1 amide bonds. The highest BCUT2D eigenvalue weighted by molar-refractivity contribution is 7.15. The summed E-state index contributed by atoms with van der Waals surface area (Å²) in [6.07, 6.45) is 4.18. The summed E-state index contributed by atoms with van der Waals surface area (Å²) in [6, 6.07) is 13.4. The molecular weight excluding hydrogens is 370 g/mol. The molecule has 144 valence electrons. The number of thiazole rings is 1. The molecule has 0 aliphatic heterocycles. The van der Waals surface area contributed by atoms with E-state index in [-0.39, 0.29) is 17.9 Å². The lowest BCUT2D eigenvalue weighted by atomic mass is 9.90. The summed E-state index contributed by atoms with van der Waals surface area (Å²) in [5, 5.41) is 4.00. The predicted octanol–water partition coefficient (Wildman–Crippen LogP) is 4.74. The van der Waals surface area contributed by atoms with Gasteiger partial charge in [-0.05, 0) is 57.4 Å². The number of fused-ring (bicyclic) bond motifs is 1. The van der Waals surface area contributed by atoms with E-state index in [1.165, 1.54) is 4.88 Å². The molecule has 0 spiro atoms. The third-order valence-electron chi connectivity index (χ3n) is 4.70. The summed E-state index contributed by atoms with van der Waals surface area (Å²) in [4.78, 5) is 23.2. The number of para-hydroxylation sites is 2. The fraction of sp³-hybridized carbons (Fsp3) is 0.318. The molecule has 1 aliphatic rings. The molecule has 0 fully saturated rings. The number of rotatable bonds is 5. The van der Waals surface area contributed by atoms with Gasteiger partial charge in [-0.25, -0.2) is 4.98 Å². The molecule has 6 heteroatoms. The van der Waals surface area contributed by atoms with Gasteiger partial charge in [0.2, 0.25) is 5.91 Å². The van der Waals surface area contributed by atoms with Crippen LogP contribution >= 0.6 is 11.3 Å². The van der Waals surface area contributed by atoms with Crippen LogP contribution in [0.25, 0.3) is 10.7 Å². The minimum absolute atomic E-state index is 0.0400. The summed E-state index contributed by atoms with van der Waals surface area (Å²) in [6.45, 7) is 3.95. The standard InChI is InChI=1S/C22H23N3O2S/c1-14(2)27-19-9-4-3-7-16(19)24-21(26)15-10-11-17-20(13-15)28-22(25-17)18-8-5-6-12-23-18/h3-9,12,14-15H,10-11,13H2,1-2H3,(H,24,26). The van der Waals surface area contributed by atoms with Crippen molar-refractivity contribution in [1.29, 1.82) is 0 Å². The highest BCUT2D eigenvalue weighted by Gasteiger charge is 2.28. The number of nitrogens with zero attached hydrogens (tertiary/aromatic N) is 2. The van der Waals surface area contributed by atoms with Crippen molar-refractivity contribution in [3.63, 3.8) is 0 Å². The summed E-state index contributed by atoms with van der Waals surface area (Å²) >= 11 is 1.65. The minimum atomic E-state index is -0.0587. The van der Waals surface area contributed by atoms with Crippen molar-refractivity contribution in [2.75, 3.05) is 5.32 Å². The molecule has 1 unspecified atom stereocenters. The molecule has 5 nitrogen and oxygen atoms in total. The predicted molar refractivity (Wildman–Crippen MR) is 112 cm³/mol. The number of aromatic nitrogens is 2. The largest absolute Gasteiger partial charge is 0.489 e.